The van der Waals surface area contributed by atoms with Gasteiger partial charge in [-0.1, -0.05) is 231 Å². The molecule has 0 bridgehead atoms. The third kappa shape index (κ3) is 4.98. The van der Waals surface area contributed by atoms with Crippen molar-refractivity contribution in [2.24, 2.45) is 0 Å². The summed E-state index contributed by atoms with van der Waals surface area (Å²) in [7, 11) is 0. The second-order valence-electron chi connectivity index (χ2n) is 19.0. The largest absolute Gasteiger partial charge is 0.310 e. The minimum absolute atomic E-state index is 0.487. The molecule has 0 amide bonds. The quantitative estimate of drug-likeness (QED) is 0.156. The van der Waals surface area contributed by atoms with E-state index in [2.05, 4.69) is 266 Å². The van der Waals surface area contributed by atoms with E-state index in [0.29, 0.717) is 0 Å². The van der Waals surface area contributed by atoms with E-state index in [1.54, 1.807) is 0 Å². The Morgan fingerprint density at radius 3 is 1.14 bits per heavy atom. The molecule has 0 saturated heterocycles. The zero-order valence-electron chi connectivity index (χ0n) is 37.8. The molecule has 0 aromatic heterocycles. The average Bonchev–Trinajstić information content (AvgIpc) is 4.02. The molecule has 0 fully saturated rings. The Hall–Kier alpha value is -8.78. The highest BCUT2D eigenvalue weighted by molar-refractivity contribution is 6.28. The van der Waals surface area contributed by atoms with Crippen LogP contribution in [0.25, 0.3) is 65.7 Å². The maximum absolute atomic E-state index is 2.57. The predicted octanol–water partition coefficient (Wildman–Crippen LogP) is 17.3. The van der Waals surface area contributed by atoms with Crippen molar-refractivity contribution in [1.29, 1.82) is 0 Å². The first-order chi connectivity index (χ1) is 34.3. The summed E-state index contributed by atoms with van der Waals surface area (Å²) in [4.78, 5) is 2.57. The van der Waals surface area contributed by atoms with Crippen molar-refractivity contribution in [3.63, 3.8) is 0 Å². The van der Waals surface area contributed by atoms with E-state index < -0.39 is 10.8 Å². The number of rotatable bonds is 5. The molecular formula is C68H43N. The second-order valence-corrected chi connectivity index (χ2v) is 19.0. The van der Waals surface area contributed by atoms with Gasteiger partial charge in [0, 0.05) is 16.8 Å². The lowest BCUT2D eigenvalue weighted by atomic mass is 9.67. The first-order valence-electron chi connectivity index (χ1n) is 24.2. The Labute approximate surface area is 401 Å². The Balaban J connectivity index is 1.06. The van der Waals surface area contributed by atoms with E-state index in [1.807, 2.05) is 0 Å². The van der Waals surface area contributed by atoms with E-state index in [9.17, 15) is 0 Å². The van der Waals surface area contributed by atoms with Crippen LogP contribution in [0.4, 0.5) is 17.1 Å². The van der Waals surface area contributed by atoms with Crippen LogP contribution in [0.1, 0.15) is 44.5 Å². The fourth-order valence-electron chi connectivity index (χ4n) is 13.4. The van der Waals surface area contributed by atoms with Crippen LogP contribution in [0.15, 0.2) is 261 Å². The molecule has 12 aromatic carbocycles. The minimum atomic E-state index is -0.557. The van der Waals surface area contributed by atoms with Crippen LogP contribution in [0, 0.1) is 0 Å². The molecule has 0 atom stereocenters. The summed E-state index contributed by atoms with van der Waals surface area (Å²) < 4.78 is 0. The molecule has 1 heteroatoms. The second kappa shape index (κ2) is 14.4. The molecule has 3 aliphatic rings. The van der Waals surface area contributed by atoms with Crippen LogP contribution < -0.4 is 4.90 Å². The minimum Gasteiger partial charge on any atom is -0.310 e. The summed E-state index contributed by atoms with van der Waals surface area (Å²) >= 11 is 0. The highest BCUT2D eigenvalue weighted by atomic mass is 15.1. The molecule has 3 aliphatic carbocycles. The van der Waals surface area contributed by atoms with Crippen LogP contribution in [-0.2, 0) is 10.8 Å². The molecule has 0 saturated carbocycles. The lowest BCUT2D eigenvalue weighted by Gasteiger charge is -2.36. The summed E-state index contributed by atoms with van der Waals surface area (Å²) in [5, 5.41) is 7.50. The molecule has 0 aliphatic heterocycles. The van der Waals surface area contributed by atoms with Crippen molar-refractivity contribution in [3.8, 4) is 33.4 Å². The van der Waals surface area contributed by atoms with E-state index >= 15 is 0 Å². The zero-order valence-corrected chi connectivity index (χ0v) is 37.8. The molecule has 12 aromatic rings. The lowest BCUT2D eigenvalue weighted by Crippen LogP contribution is -2.29. The number of benzene rings is 12. The number of hydrogen-bond acceptors (Lipinski definition) is 1. The normalized spacial score (nSPS) is 14.0. The van der Waals surface area contributed by atoms with Gasteiger partial charge in [0.15, 0.2) is 0 Å². The maximum atomic E-state index is 2.57. The topological polar surface area (TPSA) is 3.24 Å². The van der Waals surface area contributed by atoms with Gasteiger partial charge in [-0.2, -0.15) is 0 Å². The van der Waals surface area contributed by atoms with Gasteiger partial charge in [-0.15, -0.1) is 0 Å². The van der Waals surface area contributed by atoms with Crippen molar-refractivity contribution < 1.29 is 0 Å². The van der Waals surface area contributed by atoms with Crippen molar-refractivity contribution in [2.75, 3.05) is 4.90 Å². The molecular weight excluding hydrogens is 831 g/mol. The molecule has 1 nitrogen and oxygen atoms in total. The highest BCUT2D eigenvalue weighted by Crippen LogP contribution is 2.64. The predicted molar refractivity (Wildman–Crippen MR) is 287 cm³/mol. The lowest BCUT2D eigenvalue weighted by molar-refractivity contribution is 0.768. The molecule has 1 spiro atoms. The number of nitrogens with zero attached hydrogens (tertiary/aromatic N) is 1. The maximum Gasteiger partial charge on any atom is 0.0726 e. The average molecular weight is 874 g/mol. The van der Waals surface area contributed by atoms with Crippen molar-refractivity contribution in [1.82, 2.24) is 0 Å². The van der Waals surface area contributed by atoms with Gasteiger partial charge in [0.25, 0.3) is 0 Å². The van der Waals surface area contributed by atoms with Crippen LogP contribution in [0.5, 0.6) is 0 Å². The molecule has 0 radical (unpaired) electrons. The van der Waals surface area contributed by atoms with E-state index in [1.165, 1.54) is 110 Å². The van der Waals surface area contributed by atoms with Crippen molar-refractivity contribution in [2.45, 2.75) is 10.8 Å². The van der Waals surface area contributed by atoms with E-state index in [0.717, 1.165) is 17.1 Å². The zero-order chi connectivity index (χ0) is 45.3. The first-order valence-corrected chi connectivity index (χ1v) is 24.2. The summed E-state index contributed by atoms with van der Waals surface area (Å²) in [6, 6.07) is 98.2. The third-order valence-corrected chi connectivity index (χ3v) is 15.9. The molecule has 0 heterocycles. The Kier molecular flexibility index (Phi) is 7.98. The smallest absolute Gasteiger partial charge is 0.0726 e. The van der Waals surface area contributed by atoms with Gasteiger partial charge >= 0.3 is 0 Å². The Morgan fingerprint density at radius 2 is 0.609 bits per heavy atom. The van der Waals surface area contributed by atoms with Gasteiger partial charge in [0.2, 0.25) is 0 Å². The number of fused-ring (bicyclic) bond motifs is 19. The van der Waals surface area contributed by atoms with Gasteiger partial charge < -0.3 is 4.90 Å². The Bertz CT molecular complexity index is 3950. The number of anilines is 3. The summed E-state index contributed by atoms with van der Waals surface area (Å²) in [5.41, 5.74) is 20.5. The van der Waals surface area contributed by atoms with Crippen molar-refractivity contribution in [3.05, 3.63) is 305 Å². The standard InChI is InChI=1S/C68H43N/c1-2-20-44(21-3-1)67(59-34-13-8-27-51(59)52-28-9-14-35-60(52)67)45-22-18-23-46(42-45)69(65-39-19-33-58-50-25-5-4-24-48(50)49-26-6-7-32-57(49)66(58)65)47-40-41-56-55-31-12-17-38-63(55)68(64(56)43-47)61-36-15-10-29-53(61)54-30-11-16-37-62(54)68/h1-43H. The molecule has 69 heavy (non-hydrogen) atoms. The van der Waals surface area contributed by atoms with Gasteiger partial charge in [-0.25, -0.2) is 0 Å². The van der Waals surface area contributed by atoms with E-state index in [-0.39, 0.29) is 0 Å². The van der Waals surface area contributed by atoms with Crippen LogP contribution in [-0.4, -0.2) is 0 Å². The van der Waals surface area contributed by atoms with Gasteiger partial charge in [-0.3, -0.25) is 0 Å². The van der Waals surface area contributed by atoms with Crippen molar-refractivity contribution >= 4 is 49.4 Å². The van der Waals surface area contributed by atoms with Crippen LogP contribution in [0.3, 0.4) is 0 Å². The van der Waals surface area contributed by atoms with Crippen LogP contribution >= 0.6 is 0 Å². The van der Waals surface area contributed by atoms with Crippen LogP contribution in [0.2, 0.25) is 0 Å². The highest BCUT2D eigenvalue weighted by Gasteiger charge is 2.52. The first kappa shape index (κ1) is 38.3. The fourth-order valence-corrected chi connectivity index (χ4v) is 13.4. The van der Waals surface area contributed by atoms with E-state index in [4.69, 9.17) is 0 Å². The summed E-state index contributed by atoms with van der Waals surface area (Å²) in [6.07, 6.45) is 0. The molecule has 320 valence electrons. The number of hydrogen-bond donors (Lipinski definition) is 0. The van der Waals surface area contributed by atoms with Gasteiger partial charge in [0.1, 0.15) is 0 Å². The molecule has 0 N–H and O–H groups in total. The Morgan fingerprint density at radius 1 is 0.232 bits per heavy atom. The summed E-state index contributed by atoms with van der Waals surface area (Å²) in [6.45, 7) is 0. The summed E-state index contributed by atoms with van der Waals surface area (Å²) in [5.74, 6) is 0. The SMILES string of the molecule is c1ccc(C2(c3cccc(N(c4ccc5c(c4)C4(c6ccccc6-c6ccccc64)c4ccccc4-5)c4cccc5c6ccccc6c6ccccc6c45)c3)c3ccccc3-c3ccccc32)cc1. The van der Waals surface area contributed by atoms with Gasteiger partial charge in [0.05, 0.1) is 16.5 Å². The molecule has 0 unspecified atom stereocenters. The monoisotopic (exact) mass is 873 g/mol. The molecule has 15 rings (SSSR count). The fraction of sp³-hybridized carbons (Fsp3) is 0.0294. The van der Waals surface area contributed by atoms with Gasteiger partial charge in [-0.05, 0) is 135 Å². The third-order valence-electron chi connectivity index (χ3n) is 15.9.